The van der Waals surface area contributed by atoms with Crippen LogP contribution in [0, 0.1) is 6.92 Å². The predicted molar refractivity (Wildman–Crippen MR) is 86.8 cm³/mol. The van der Waals surface area contributed by atoms with Crippen molar-refractivity contribution in [2.75, 3.05) is 5.32 Å². The van der Waals surface area contributed by atoms with E-state index in [4.69, 9.17) is 0 Å². The number of anilines is 1. The molecule has 0 aliphatic rings. The third-order valence-corrected chi connectivity index (χ3v) is 3.54. The molecule has 0 spiro atoms. The molecule has 1 heterocycles. The van der Waals surface area contributed by atoms with Crippen LogP contribution in [0.25, 0.3) is 5.69 Å². The van der Waals surface area contributed by atoms with Crippen LogP contribution in [0.5, 0.6) is 0 Å². The van der Waals surface area contributed by atoms with E-state index in [1.54, 1.807) is 6.20 Å². The minimum Gasteiger partial charge on any atom is -0.378 e. The molecule has 3 heteroatoms. The number of nitrogens with zero attached hydrogens (tertiary/aromatic N) is 2. The average Bonchev–Trinajstić information content (AvgIpc) is 3.02. The molecule has 1 atom stereocenters. The van der Waals surface area contributed by atoms with Crippen LogP contribution in [-0.2, 0) is 0 Å². The minimum atomic E-state index is 0.262. The molecule has 3 aromatic rings. The van der Waals surface area contributed by atoms with E-state index in [0.29, 0.717) is 0 Å². The minimum absolute atomic E-state index is 0.262. The molecule has 0 bridgehead atoms. The number of rotatable bonds is 4. The van der Waals surface area contributed by atoms with Gasteiger partial charge in [-0.3, -0.25) is 0 Å². The first kappa shape index (κ1) is 13.4. The van der Waals surface area contributed by atoms with Gasteiger partial charge in [-0.15, -0.1) is 0 Å². The normalized spacial score (nSPS) is 12.1. The summed E-state index contributed by atoms with van der Waals surface area (Å²) < 4.78 is 1.86. The summed E-state index contributed by atoms with van der Waals surface area (Å²) in [5.41, 5.74) is 4.73. The molecule has 0 amide bonds. The summed E-state index contributed by atoms with van der Waals surface area (Å²) in [6.45, 7) is 4.30. The largest absolute Gasteiger partial charge is 0.378 e. The van der Waals surface area contributed by atoms with E-state index < -0.39 is 0 Å². The van der Waals surface area contributed by atoms with Crippen LogP contribution in [0.4, 0.5) is 5.69 Å². The second-order valence-electron chi connectivity index (χ2n) is 5.28. The zero-order chi connectivity index (χ0) is 14.7. The van der Waals surface area contributed by atoms with Crippen molar-refractivity contribution < 1.29 is 0 Å². The molecule has 0 radical (unpaired) electrons. The lowest BCUT2D eigenvalue weighted by Crippen LogP contribution is -2.07. The first-order chi connectivity index (χ1) is 10.2. The lowest BCUT2D eigenvalue weighted by molar-refractivity contribution is 0.869. The summed E-state index contributed by atoms with van der Waals surface area (Å²) in [6.07, 6.45) is 3.73. The van der Waals surface area contributed by atoms with Crippen molar-refractivity contribution in [2.45, 2.75) is 19.9 Å². The summed E-state index contributed by atoms with van der Waals surface area (Å²) in [4.78, 5) is 0. The van der Waals surface area contributed by atoms with Crippen molar-refractivity contribution in [3.8, 4) is 5.69 Å². The molecule has 1 N–H and O–H groups in total. The van der Waals surface area contributed by atoms with Gasteiger partial charge in [0.1, 0.15) is 0 Å². The highest BCUT2D eigenvalue weighted by Gasteiger charge is 2.06. The van der Waals surface area contributed by atoms with Gasteiger partial charge in [0.15, 0.2) is 0 Å². The Bertz CT molecular complexity index is 717. The maximum Gasteiger partial charge on any atom is 0.0666 e. The van der Waals surface area contributed by atoms with E-state index in [2.05, 4.69) is 66.7 Å². The van der Waals surface area contributed by atoms with Gasteiger partial charge in [-0.25, -0.2) is 4.68 Å². The van der Waals surface area contributed by atoms with E-state index in [9.17, 15) is 0 Å². The van der Waals surface area contributed by atoms with Crippen LogP contribution in [0.3, 0.4) is 0 Å². The Labute approximate surface area is 125 Å². The third kappa shape index (κ3) is 3.14. The average molecular weight is 277 g/mol. The molecular weight excluding hydrogens is 258 g/mol. The van der Waals surface area contributed by atoms with E-state index in [-0.39, 0.29) is 6.04 Å². The number of benzene rings is 2. The van der Waals surface area contributed by atoms with Gasteiger partial charge in [-0.2, -0.15) is 5.10 Å². The van der Waals surface area contributed by atoms with Crippen molar-refractivity contribution in [3.63, 3.8) is 0 Å². The quantitative estimate of drug-likeness (QED) is 0.768. The van der Waals surface area contributed by atoms with Gasteiger partial charge in [0, 0.05) is 24.1 Å². The van der Waals surface area contributed by atoms with Gasteiger partial charge in [-0.1, -0.05) is 35.9 Å². The van der Waals surface area contributed by atoms with Gasteiger partial charge in [0.05, 0.1) is 5.69 Å². The maximum absolute atomic E-state index is 4.27. The molecule has 0 fully saturated rings. The Kier molecular flexibility index (Phi) is 3.73. The van der Waals surface area contributed by atoms with Gasteiger partial charge in [0.25, 0.3) is 0 Å². The lowest BCUT2D eigenvalue weighted by atomic mass is 10.1. The highest BCUT2D eigenvalue weighted by molar-refractivity contribution is 5.52. The summed E-state index contributed by atoms with van der Waals surface area (Å²) in [6, 6.07) is 19.1. The van der Waals surface area contributed by atoms with E-state index in [1.807, 2.05) is 23.0 Å². The van der Waals surface area contributed by atoms with E-state index in [0.717, 1.165) is 11.4 Å². The standard InChI is InChI=1S/C18H19N3/c1-14-6-3-7-16(12-14)15(2)20-17-8-4-9-18(13-17)21-11-5-10-19-21/h3-13,15,20H,1-2H3. The number of nitrogens with one attached hydrogen (secondary N) is 1. The van der Waals surface area contributed by atoms with E-state index in [1.165, 1.54) is 11.1 Å². The fourth-order valence-electron chi connectivity index (χ4n) is 2.43. The van der Waals surface area contributed by atoms with Crippen LogP contribution in [0.1, 0.15) is 24.1 Å². The monoisotopic (exact) mass is 277 g/mol. The van der Waals surface area contributed by atoms with Crippen LogP contribution in [0.2, 0.25) is 0 Å². The van der Waals surface area contributed by atoms with Crippen molar-refractivity contribution in [3.05, 3.63) is 78.1 Å². The van der Waals surface area contributed by atoms with Crippen molar-refractivity contribution in [1.29, 1.82) is 0 Å². The SMILES string of the molecule is Cc1cccc(C(C)Nc2cccc(-n3cccn3)c2)c1. The molecule has 106 valence electrons. The van der Waals surface area contributed by atoms with Crippen molar-refractivity contribution in [1.82, 2.24) is 9.78 Å². The van der Waals surface area contributed by atoms with Gasteiger partial charge >= 0.3 is 0 Å². The second-order valence-corrected chi connectivity index (χ2v) is 5.28. The fraction of sp³-hybridized carbons (Fsp3) is 0.167. The topological polar surface area (TPSA) is 29.9 Å². The molecule has 21 heavy (non-hydrogen) atoms. The number of aryl methyl sites for hydroxylation is 1. The second kappa shape index (κ2) is 5.83. The smallest absolute Gasteiger partial charge is 0.0666 e. The van der Waals surface area contributed by atoms with Crippen LogP contribution < -0.4 is 5.32 Å². The number of aromatic nitrogens is 2. The fourth-order valence-corrected chi connectivity index (χ4v) is 2.43. The zero-order valence-corrected chi connectivity index (χ0v) is 12.3. The third-order valence-electron chi connectivity index (χ3n) is 3.54. The van der Waals surface area contributed by atoms with Crippen molar-refractivity contribution in [2.24, 2.45) is 0 Å². The molecule has 1 unspecified atom stereocenters. The Morgan fingerprint density at radius 1 is 1.05 bits per heavy atom. The molecule has 3 nitrogen and oxygen atoms in total. The number of hydrogen-bond donors (Lipinski definition) is 1. The highest BCUT2D eigenvalue weighted by Crippen LogP contribution is 2.21. The molecule has 0 aliphatic heterocycles. The zero-order valence-electron chi connectivity index (χ0n) is 12.3. The molecule has 0 saturated carbocycles. The molecule has 1 aromatic heterocycles. The first-order valence-electron chi connectivity index (χ1n) is 7.15. The molecule has 3 rings (SSSR count). The summed E-state index contributed by atoms with van der Waals surface area (Å²) in [5.74, 6) is 0. The highest BCUT2D eigenvalue weighted by atomic mass is 15.3. The van der Waals surface area contributed by atoms with Crippen LogP contribution >= 0.6 is 0 Å². The van der Waals surface area contributed by atoms with Crippen LogP contribution in [0.15, 0.2) is 67.0 Å². The Balaban J connectivity index is 1.80. The first-order valence-corrected chi connectivity index (χ1v) is 7.15. The predicted octanol–water partition coefficient (Wildman–Crippen LogP) is 4.35. The Hall–Kier alpha value is -2.55. The maximum atomic E-state index is 4.27. The summed E-state index contributed by atoms with van der Waals surface area (Å²) in [7, 11) is 0. The van der Waals surface area contributed by atoms with Gasteiger partial charge < -0.3 is 5.32 Å². The van der Waals surface area contributed by atoms with Gasteiger partial charge in [0.2, 0.25) is 0 Å². The molecule has 0 saturated heterocycles. The number of hydrogen-bond acceptors (Lipinski definition) is 2. The van der Waals surface area contributed by atoms with Crippen LogP contribution in [-0.4, -0.2) is 9.78 Å². The lowest BCUT2D eigenvalue weighted by Gasteiger charge is -2.17. The molecule has 0 aliphatic carbocycles. The van der Waals surface area contributed by atoms with Gasteiger partial charge in [-0.05, 0) is 43.7 Å². The Morgan fingerprint density at radius 2 is 1.90 bits per heavy atom. The van der Waals surface area contributed by atoms with E-state index >= 15 is 0 Å². The Morgan fingerprint density at radius 3 is 2.67 bits per heavy atom. The molecular formula is C18H19N3. The summed E-state index contributed by atoms with van der Waals surface area (Å²) >= 11 is 0. The summed E-state index contributed by atoms with van der Waals surface area (Å²) in [5, 5.41) is 7.81. The molecule has 2 aromatic carbocycles. The van der Waals surface area contributed by atoms with Crippen molar-refractivity contribution >= 4 is 5.69 Å².